The molecule has 24 heavy (non-hydrogen) atoms. The summed E-state index contributed by atoms with van der Waals surface area (Å²) in [6.45, 7) is 4.36. The lowest BCUT2D eigenvalue weighted by molar-refractivity contribution is 0.376. The van der Waals surface area contributed by atoms with Gasteiger partial charge < -0.3 is 15.2 Å². The Balaban J connectivity index is 1.56. The zero-order valence-electron chi connectivity index (χ0n) is 13.4. The van der Waals surface area contributed by atoms with Crippen LogP contribution in [0.4, 0.5) is 5.82 Å². The molecule has 7 heteroatoms. The quantitative estimate of drug-likeness (QED) is 0.707. The monoisotopic (exact) mass is 339 g/mol. The van der Waals surface area contributed by atoms with Crippen LogP contribution in [-0.2, 0) is 6.54 Å². The van der Waals surface area contributed by atoms with Crippen LogP contribution in [0.25, 0.3) is 11.4 Å². The van der Waals surface area contributed by atoms with Crippen molar-refractivity contribution >= 4 is 23.1 Å². The van der Waals surface area contributed by atoms with Crippen LogP contribution in [0.2, 0.25) is 0 Å². The van der Waals surface area contributed by atoms with E-state index in [1.54, 1.807) is 6.20 Å². The minimum atomic E-state index is 0.344. The lowest BCUT2D eigenvalue weighted by Gasteiger charge is -2.07. The number of nitrogens with one attached hydrogen (secondary N) is 2. The third-order valence-corrected chi connectivity index (χ3v) is 3.58. The molecule has 2 heterocycles. The highest BCUT2D eigenvalue weighted by molar-refractivity contribution is 7.80. The third kappa shape index (κ3) is 4.14. The summed E-state index contributed by atoms with van der Waals surface area (Å²) >= 11 is 5.23. The molecule has 3 aromatic rings. The minimum Gasteiger partial charge on any atom is -0.353 e. The molecule has 0 saturated heterocycles. The second-order valence-corrected chi connectivity index (χ2v) is 5.81. The smallest absolute Gasteiger partial charge is 0.246 e. The van der Waals surface area contributed by atoms with E-state index in [-0.39, 0.29) is 0 Å². The van der Waals surface area contributed by atoms with Gasteiger partial charge in [0.2, 0.25) is 11.7 Å². The lowest BCUT2D eigenvalue weighted by atomic mass is 10.1. The fourth-order valence-corrected chi connectivity index (χ4v) is 2.18. The van der Waals surface area contributed by atoms with Gasteiger partial charge in [0, 0.05) is 11.8 Å². The molecule has 0 aliphatic carbocycles. The van der Waals surface area contributed by atoms with E-state index in [0.29, 0.717) is 29.2 Å². The van der Waals surface area contributed by atoms with Gasteiger partial charge in [-0.15, -0.1) is 0 Å². The Hall–Kier alpha value is -2.80. The molecule has 3 rings (SSSR count). The van der Waals surface area contributed by atoms with Crippen LogP contribution in [0.3, 0.4) is 0 Å². The Bertz CT molecular complexity index is 827. The second kappa shape index (κ2) is 7.18. The van der Waals surface area contributed by atoms with Gasteiger partial charge in [-0.1, -0.05) is 41.1 Å². The molecule has 0 aliphatic rings. The largest absolute Gasteiger partial charge is 0.353 e. The van der Waals surface area contributed by atoms with Gasteiger partial charge in [0.05, 0.1) is 6.54 Å². The average molecular weight is 339 g/mol. The number of benzene rings is 1. The van der Waals surface area contributed by atoms with Crippen molar-refractivity contribution in [3.05, 3.63) is 59.6 Å². The topological polar surface area (TPSA) is 75.9 Å². The molecular weight excluding hydrogens is 322 g/mol. The van der Waals surface area contributed by atoms with Crippen molar-refractivity contribution in [2.45, 2.75) is 20.4 Å². The van der Waals surface area contributed by atoms with Crippen molar-refractivity contribution < 1.29 is 4.52 Å². The maximum atomic E-state index is 5.24. The normalized spacial score (nSPS) is 10.4. The molecule has 0 amide bonds. The second-order valence-electron chi connectivity index (χ2n) is 5.41. The first kappa shape index (κ1) is 16.1. The van der Waals surface area contributed by atoms with Gasteiger partial charge in [-0.2, -0.15) is 4.98 Å². The average Bonchev–Trinajstić information content (AvgIpc) is 3.05. The molecule has 0 unspecified atom stereocenters. The molecule has 2 N–H and O–H groups in total. The SMILES string of the molecule is Cc1ccc(-c2noc(CNC(=S)Nc3ccc(C)cn3)n2)cc1. The number of hydrogen-bond donors (Lipinski definition) is 2. The Morgan fingerprint density at radius 2 is 1.83 bits per heavy atom. The Morgan fingerprint density at radius 1 is 1.08 bits per heavy atom. The van der Waals surface area contributed by atoms with Crippen LogP contribution in [0.15, 0.2) is 47.1 Å². The molecular formula is C17H17N5OS. The van der Waals surface area contributed by atoms with Crippen molar-refractivity contribution in [1.29, 1.82) is 0 Å². The first-order valence-electron chi connectivity index (χ1n) is 7.47. The molecule has 122 valence electrons. The molecule has 0 spiro atoms. The first-order valence-corrected chi connectivity index (χ1v) is 7.88. The highest BCUT2D eigenvalue weighted by Gasteiger charge is 2.09. The predicted molar refractivity (Wildman–Crippen MR) is 96.5 cm³/mol. The summed E-state index contributed by atoms with van der Waals surface area (Å²) < 4.78 is 5.24. The standard InChI is InChI=1S/C17H17N5OS/c1-11-3-6-13(7-4-11)16-21-15(23-22-16)10-19-17(24)20-14-8-5-12(2)9-18-14/h3-9H,10H2,1-2H3,(H2,18,19,20,24). The van der Waals surface area contributed by atoms with E-state index in [2.05, 4.69) is 25.8 Å². The number of anilines is 1. The van der Waals surface area contributed by atoms with Gasteiger partial charge in [0.1, 0.15) is 5.82 Å². The summed E-state index contributed by atoms with van der Waals surface area (Å²) in [6, 6.07) is 11.8. The van der Waals surface area contributed by atoms with Crippen molar-refractivity contribution in [2.24, 2.45) is 0 Å². The van der Waals surface area contributed by atoms with Crippen molar-refractivity contribution in [3.63, 3.8) is 0 Å². The molecule has 0 radical (unpaired) electrons. The number of rotatable bonds is 4. The van der Waals surface area contributed by atoms with E-state index in [9.17, 15) is 0 Å². The molecule has 6 nitrogen and oxygen atoms in total. The van der Waals surface area contributed by atoms with Crippen LogP contribution < -0.4 is 10.6 Å². The van der Waals surface area contributed by atoms with E-state index in [0.717, 1.165) is 11.1 Å². The minimum absolute atomic E-state index is 0.344. The number of aryl methyl sites for hydroxylation is 2. The van der Waals surface area contributed by atoms with E-state index in [1.165, 1.54) is 5.56 Å². The highest BCUT2D eigenvalue weighted by atomic mass is 32.1. The summed E-state index contributed by atoms with van der Waals surface area (Å²) in [5.74, 6) is 1.71. The molecule has 2 aromatic heterocycles. The number of hydrogen-bond acceptors (Lipinski definition) is 5. The summed E-state index contributed by atoms with van der Waals surface area (Å²) in [6.07, 6.45) is 1.77. The van der Waals surface area contributed by atoms with Crippen LogP contribution in [0.5, 0.6) is 0 Å². The van der Waals surface area contributed by atoms with Crippen LogP contribution >= 0.6 is 12.2 Å². The Labute approximate surface area is 145 Å². The zero-order chi connectivity index (χ0) is 16.9. The maximum Gasteiger partial charge on any atom is 0.246 e. The molecule has 0 bridgehead atoms. The van der Waals surface area contributed by atoms with Crippen molar-refractivity contribution in [1.82, 2.24) is 20.4 Å². The van der Waals surface area contributed by atoms with Crippen LogP contribution in [0, 0.1) is 13.8 Å². The number of pyridine rings is 1. The predicted octanol–water partition coefficient (Wildman–Crippen LogP) is 3.24. The first-order chi connectivity index (χ1) is 11.6. The maximum absolute atomic E-state index is 5.24. The third-order valence-electron chi connectivity index (χ3n) is 3.33. The molecule has 0 aliphatic heterocycles. The van der Waals surface area contributed by atoms with Gasteiger partial charge in [0.25, 0.3) is 0 Å². The van der Waals surface area contributed by atoms with Crippen LogP contribution in [-0.4, -0.2) is 20.2 Å². The fraction of sp³-hybridized carbons (Fsp3) is 0.176. The highest BCUT2D eigenvalue weighted by Crippen LogP contribution is 2.16. The van der Waals surface area contributed by atoms with E-state index < -0.39 is 0 Å². The van der Waals surface area contributed by atoms with Gasteiger partial charge >= 0.3 is 0 Å². The number of thiocarbonyl (C=S) groups is 1. The zero-order valence-corrected chi connectivity index (χ0v) is 14.2. The van der Waals surface area contributed by atoms with Gasteiger partial charge in [0.15, 0.2) is 5.11 Å². The fourth-order valence-electron chi connectivity index (χ4n) is 2.00. The number of nitrogens with zero attached hydrogens (tertiary/aromatic N) is 3. The van der Waals surface area contributed by atoms with Gasteiger partial charge in [-0.05, 0) is 37.7 Å². The molecule has 0 atom stereocenters. The van der Waals surface area contributed by atoms with Gasteiger partial charge in [-0.3, -0.25) is 0 Å². The molecule has 0 saturated carbocycles. The molecule has 1 aromatic carbocycles. The van der Waals surface area contributed by atoms with E-state index in [1.807, 2.05) is 50.2 Å². The molecule has 0 fully saturated rings. The Kier molecular flexibility index (Phi) is 4.81. The lowest BCUT2D eigenvalue weighted by Crippen LogP contribution is -2.28. The van der Waals surface area contributed by atoms with Crippen molar-refractivity contribution in [3.8, 4) is 11.4 Å². The summed E-state index contributed by atoms with van der Waals surface area (Å²) in [4.78, 5) is 8.59. The number of aromatic nitrogens is 3. The Morgan fingerprint density at radius 3 is 2.54 bits per heavy atom. The van der Waals surface area contributed by atoms with E-state index in [4.69, 9.17) is 16.7 Å². The summed E-state index contributed by atoms with van der Waals surface area (Å²) in [5.41, 5.74) is 3.19. The summed E-state index contributed by atoms with van der Waals surface area (Å²) in [5, 5.41) is 10.5. The van der Waals surface area contributed by atoms with Gasteiger partial charge in [-0.25, -0.2) is 4.98 Å². The summed E-state index contributed by atoms with van der Waals surface area (Å²) in [7, 11) is 0. The van der Waals surface area contributed by atoms with E-state index >= 15 is 0 Å². The van der Waals surface area contributed by atoms with Crippen molar-refractivity contribution in [2.75, 3.05) is 5.32 Å². The van der Waals surface area contributed by atoms with Crippen LogP contribution in [0.1, 0.15) is 17.0 Å².